The summed E-state index contributed by atoms with van der Waals surface area (Å²) >= 11 is 0. The van der Waals surface area contributed by atoms with Crippen LogP contribution in [0, 0.1) is 0 Å². The van der Waals surface area contributed by atoms with Gasteiger partial charge in [0.2, 0.25) is 0 Å². The molecule has 1 aromatic rings. The number of hydrogen-bond acceptors (Lipinski definition) is 5. The van der Waals surface area contributed by atoms with E-state index in [1.54, 1.807) is 30.3 Å². The van der Waals surface area contributed by atoms with Gasteiger partial charge in [-0.25, -0.2) is 9.13 Å². The van der Waals surface area contributed by atoms with Crippen LogP contribution in [0.2, 0.25) is 0 Å². The predicted octanol–water partition coefficient (Wildman–Crippen LogP) is -0.586. The third-order valence-electron chi connectivity index (χ3n) is 0.987. The Hall–Kier alpha value is -0.840. The van der Waals surface area contributed by atoms with E-state index in [0.717, 1.165) is 0 Å². The van der Waals surface area contributed by atoms with Crippen molar-refractivity contribution in [3.8, 4) is 0 Å². The van der Waals surface area contributed by atoms with Crippen LogP contribution >= 0.6 is 15.6 Å². The summed E-state index contributed by atoms with van der Waals surface area (Å²) in [6.45, 7) is 0. The van der Waals surface area contributed by atoms with Crippen LogP contribution in [0.3, 0.4) is 0 Å². The van der Waals surface area contributed by atoms with Gasteiger partial charge in [0.1, 0.15) is 0 Å². The minimum Gasteiger partial charge on any atom is -0.303 e. The minimum absolute atomic E-state index is 0.0833. The minimum atomic E-state index is -4.64. The average Bonchev–Trinajstić information content (AvgIpc) is 2.13. The molecule has 0 atom stereocenters. The van der Waals surface area contributed by atoms with Crippen LogP contribution in [0.25, 0.3) is 0 Å². The first-order valence-electron chi connectivity index (χ1n) is 4.10. The number of phosphoric acid groups is 2. The molecule has 0 spiro atoms. The molecule has 0 amide bonds. The summed E-state index contributed by atoms with van der Waals surface area (Å²) < 4.78 is 17.8. The number of benzene rings is 1. The lowest BCUT2D eigenvalue weighted by Gasteiger charge is -2.05. The molecule has 13 heteroatoms. The number of hydrogen-bond donors (Lipinski definition) is 8. The highest BCUT2D eigenvalue weighted by Gasteiger charge is 2.00. The van der Waals surface area contributed by atoms with E-state index in [-0.39, 0.29) is 5.23 Å². The zero-order valence-corrected chi connectivity index (χ0v) is 10.9. The summed E-state index contributed by atoms with van der Waals surface area (Å²) in [5.74, 6) is 0. The van der Waals surface area contributed by atoms with E-state index in [1.165, 1.54) is 0 Å². The van der Waals surface area contributed by atoms with Gasteiger partial charge in [-0.2, -0.15) is 0 Å². The molecule has 0 bridgehead atoms. The predicted molar refractivity (Wildman–Crippen MR) is 61.0 cm³/mol. The van der Waals surface area contributed by atoms with E-state index in [9.17, 15) is 0 Å². The first kappa shape index (κ1) is 20.5. The molecule has 0 aromatic heterocycles. The molecule has 0 saturated heterocycles. The molecule has 11 nitrogen and oxygen atoms in total. The zero-order chi connectivity index (χ0) is 15.7. The van der Waals surface area contributed by atoms with Crippen LogP contribution in [0.4, 0.5) is 5.69 Å². The number of nitrogens with zero attached hydrogens (tertiary/aromatic N) is 1. The summed E-state index contributed by atoms with van der Waals surface area (Å²) in [4.78, 5) is 43.1. The van der Waals surface area contributed by atoms with Crippen molar-refractivity contribution < 1.29 is 48.9 Å². The van der Waals surface area contributed by atoms with Gasteiger partial charge in [0, 0.05) is 0 Å². The van der Waals surface area contributed by atoms with E-state index in [2.05, 4.69) is 0 Å². The molecule has 8 N–H and O–H groups in total. The maximum absolute atomic E-state index is 8.88. The number of anilines is 1. The molecule has 1 aromatic carbocycles. The molecule has 0 aliphatic rings. The standard InChI is InChI=1S/C6H7NO2.2H3O4P/c8-7(9)6-4-2-1-3-5-6;2*1-5(2,3)4/h1-5,8-9H;2*(H3,1,2,3,4). The molecular formula is C6H13NO10P2. The third kappa shape index (κ3) is 31.7. The summed E-state index contributed by atoms with van der Waals surface area (Å²) in [6.07, 6.45) is 0. The van der Waals surface area contributed by atoms with Gasteiger partial charge in [-0.3, -0.25) is 10.4 Å². The topological polar surface area (TPSA) is 199 Å². The number of rotatable bonds is 1. The first-order valence-corrected chi connectivity index (χ1v) is 7.23. The van der Waals surface area contributed by atoms with E-state index >= 15 is 0 Å². The molecule has 0 saturated carbocycles. The van der Waals surface area contributed by atoms with Crippen molar-refractivity contribution in [1.82, 2.24) is 0 Å². The summed E-state index contributed by atoms with van der Waals surface area (Å²) in [5, 5.41) is 16.9. The SMILES string of the molecule is O=P(O)(O)O.O=P(O)(O)O.ON(O)c1ccccc1. The van der Waals surface area contributed by atoms with Crippen LogP contribution in [0.5, 0.6) is 0 Å². The molecule has 19 heavy (non-hydrogen) atoms. The van der Waals surface area contributed by atoms with Gasteiger partial charge in [0.25, 0.3) is 0 Å². The lowest BCUT2D eigenvalue weighted by molar-refractivity contribution is 0.0291. The normalized spacial score (nSPS) is 10.5. The lowest BCUT2D eigenvalue weighted by Crippen LogP contribution is -2.10. The molecule has 0 fully saturated rings. The van der Waals surface area contributed by atoms with E-state index in [0.29, 0.717) is 5.69 Å². The molecule has 0 unspecified atom stereocenters. The summed E-state index contributed by atoms with van der Waals surface area (Å²) in [7, 11) is -9.28. The maximum Gasteiger partial charge on any atom is 0.466 e. The van der Waals surface area contributed by atoms with Gasteiger partial charge in [-0.05, 0) is 12.1 Å². The van der Waals surface area contributed by atoms with Gasteiger partial charge >= 0.3 is 15.6 Å². The maximum atomic E-state index is 8.88. The van der Waals surface area contributed by atoms with Crippen LogP contribution < -0.4 is 5.23 Å². The Kier molecular flexibility index (Phi) is 9.84. The Bertz CT molecular complexity index is 388. The van der Waals surface area contributed by atoms with Crippen LogP contribution in [-0.4, -0.2) is 39.8 Å². The second kappa shape index (κ2) is 9.13. The second-order valence-electron chi connectivity index (χ2n) is 2.65. The van der Waals surface area contributed by atoms with Crippen molar-refractivity contribution >= 4 is 21.3 Å². The van der Waals surface area contributed by atoms with Gasteiger partial charge in [-0.1, -0.05) is 18.2 Å². The quantitative estimate of drug-likeness (QED) is 0.243. The largest absolute Gasteiger partial charge is 0.466 e. The highest BCUT2D eigenvalue weighted by Crippen LogP contribution is 2.26. The van der Waals surface area contributed by atoms with Crippen molar-refractivity contribution in [2.24, 2.45) is 0 Å². The van der Waals surface area contributed by atoms with Crippen molar-refractivity contribution in [1.29, 1.82) is 0 Å². The summed E-state index contributed by atoms with van der Waals surface area (Å²) in [5.41, 5.74) is 0.359. The smallest absolute Gasteiger partial charge is 0.303 e. The van der Waals surface area contributed by atoms with Gasteiger partial charge in [0.05, 0.1) is 5.69 Å². The fraction of sp³-hybridized carbons (Fsp3) is 0. The highest BCUT2D eigenvalue weighted by molar-refractivity contribution is 7.45. The lowest BCUT2D eigenvalue weighted by atomic mass is 10.3. The Morgan fingerprint density at radius 3 is 1.16 bits per heavy atom. The molecule has 0 aliphatic carbocycles. The van der Waals surface area contributed by atoms with E-state index in [4.69, 9.17) is 48.9 Å². The third-order valence-corrected chi connectivity index (χ3v) is 0.987. The highest BCUT2D eigenvalue weighted by atomic mass is 31.2. The summed E-state index contributed by atoms with van der Waals surface area (Å²) in [6, 6.07) is 8.40. The zero-order valence-electron chi connectivity index (χ0n) is 9.12. The monoisotopic (exact) mass is 321 g/mol. The Balaban J connectivity index is 0. The van der Waals surface area contributed by atoms with Gasteiger partial charge in [0.15, 0.2) is 0 Å². The molecule has 0 heterocycles. The van der Waals surface area contributed by atoms with Crippen molar-refractivity contribution in [2.75, 3.05) is 5.23 Å². The number of para-hydroxylation sites is 1. The van der Waals surface area contributed by atoms with Crippen molar-refractivity contribution in [3.05, 3.63) is 30.3 Å². The van der Waals surface area contributed by atoms with Gasteiger partial charge in [-0.15, -0.1) is 5.23 Å². The Morgan fingerprint density at radius 1 is 0.737 bits per heavy atom. The van der Waals surface area contributed by atoms with Gasteiger partial charge < -0.3 is 29.4 Å². The molecule has 0 radical (unpaired) electrons. The van der Waals surface area contributed by atoms with Crippen molar-refractivity contribution in [2.45, 2.75) is 0 Å². The van der Waals surface area contributed by atoms with Crippen molar-refractivity contribution in [3.63, 3.8) is 0 Å². The average molecular weight is 321 g/mol. The Morgan fingerprint density at radius 2 is 1.00 bits per heavy atom. The molecular weight excluding hydrogens is 308 g/mol. The molecule has 112 valence electrons. The molecule has 1 rings (SSSR count). The molecule has 0 aliphatic heterocycles. The van der Waals surface area contributed by atoms with Crippen LogP contribution in [-0.2, 0) is 9.13 Å². The van der Waals surface area contributed by atoms with E-state index < -0.39 is 15.6 Å². The fourth-order valence-corrected chi connectivity index (χ4v) is 0.561. The second-order valence-corrected chi connectivity index (χ2v) is 4.70. The van der Waals surface area contributed by atoms with E-state index in [1.807, 2.05) is 0 Å². The fourth-order valence-electron chi connectivity index (χ4n) is 0.561. The first-order chi connectivity index (χ1) is 8.30. The van der Waals surface area contributed by atoms with Crippen LogP contribution in [0.15, 0.2) is 30.3 Å². The van der Waals surface area contributed by atoms with Crippen LogP contribution in [0.1, 0.15) is 0 Å². The Labute approximate surface area is 107 Å².